The second-order valence-electron chi connectivity index (χ2n) is 7.91. The van der Waals surface area contributed by atoms with Crippen molar-refractivity contribution in [1.29, 1.82) is 0 Å². The Balaban J connectivity index is 1.68. The van der Waals surface area contributed by atoms with E-state index in [0.717, 1.165) is 5.56 Å². The van der Waals surface area contributed by atoms with Gasteiger partial charge in [0.05, 0.1) is 13.7 Å². The van der Waals surface area contributed by atoms with Crippen molar-refractivity contribution in [3.8, 4) is 17.2 Å². The fraction of sp³-hybridized carbons (Fsp3) is 0.269. The van der Waals surface area contributed by atoms with Gasteiger partial charge in [-0.2, -0.15) is 0 Å². The summed E-state index contributed by atoms with van der Waals surface area (Å²) in [4.78, 5) is 39.0. The predicted octanol–water partition coefficient (Wildman–Crippen LogP) is 3.83. The van der Waals surface area contributed by atoms with Crippen LogP contribution in [-0.2, 0) is 13.0 Å². The minimum atomic E-state index is -0.602. The second-order valence-corrected chi connectivity index (χ2v) is 7.91. The molecule has 1 aromatic heterocycles. The van der Waals surface area contributed by atoms with Gasteiger partial charge in [0.1, 0.15) is 11.4 Å². The molecule has 7 nitrogen and oxygen atoms in total. The van der Waals surface area contributed by atoms with Gasteiger partial charge in [-0.15, -0.1) is 0 Å². The van der Waals surface area contributed by atoms with Gasteiger partial charge in [-0.25, -0.2) is 4.39 Å². The van der Waals surface area contributed by atoms with Gasteiger partial charge in [0.2, 0.25) is 0 Å². The molecule has 0 radical (unpaired) electrons. The molecule has 1 amide bonds. The van der Waals surface area contributed by atoms with E-state index >= 15 is 0 Å². The zero-order valence-corrected chi connectivity index (χ0v) is 19.0. The van der Waals surface area contributed by atoms with E-state index in [1.165, 1.54) is 42.0 Å². The van der Waals surface area contributed by atoms with Crippen LogP contribution in [-0.4, -0.2) is 30.0 Å². The van der Waals surface area contributed by atoms with Crippen molar-refractivity contribution in [2.45, 2.75) is 32.7 Å². The van der Waals surface area contributed by atoms with Crippen LogP contribution in [0.25, 0.3) is 5.69 Å². The molecule has 176 valence electrons. The summed E-state index contributed by atoms with van der Waals surface area (Å²) in [5.74, 6) is -0.0409. The molecule has 0 aliphatic heterocycles. The largest absolute Gasteiger partial charge is 0.493 e. The molecule has 0 atom stereocenters. The lowest BCUT2D eigenvalue weighted by atomic mass is 9.92. The zero-order chi connectivity index (χ0) is 24.2. The first-order valence-electron chi connectivity index (χ1n) is 11.1. The van der Waals surface area contributed by atoms with Crippen LogP contribution in [0.15, 0.2) is 53.3 Å². The number of ether oxygens (including phenoxy) is 2. The number of ketones is 1. The van der Waals surface area contributed by atoms with E-state index < -0.39 is 17.3 Å². The molecule has 2 aromatic carbocycles. The van der Waals surface area contributed by atoms with Crippen molar-refractivity contribution < 1.29 is 23.5 Å². The highest BCUT2D eigenvalue weighted by atomic mass is 19.1. The van der Waals surface area contributed by atoms with Gasteiger partial charge in [-0.3, -0.25) is 19.0 Å². The smallest absolute Gasteiger partial charge is 0.268 e. The van der Waals surface area contributed by atoms with Crippen molar-refractivity contribution in [2.75, 3.05) is 13.7 Å². The first-order valence-corrected chi connectivity index (χ1v) is 11.1. The predicted molar refractivity (Wildman–Crippen MR) is 125 cm³/mol. The Morgan fingerprint density at radius 3 is 2.53 bits per heavy atom. The average molecular weight is 464 g/mol. The van der Waals surface area contributed by atoms with E-state index in [4.69, 9.17) is 9.47 Å². The molecule has 34 heavy (non-hydrogen) atoms. The van der Waals surface area contributed by atoms with Gasteiger partial charge in [-0.1, -0.05) is 6.07 Å². The number of aromatic nitrogens is 1. The van der Waals surface area contributed by atoms with Crippen LogP contribution < -0.4 is 20.3 Å². The van der Waals surface area contributed by atoms with Crippen molar-refractivity contribution >= 4 is 11.7 Å². The molecule has 0 bridgehead atoms. The lowest BCUT2D eigenvalue weighted by Crippen LogP contribution is -2.36. The molecule has 0 fully saturated rings. The van der Waals surface area contributed by atoms with E-state index in [-0.39, 0.29) is 17.9 Å². The Bertz CT molecular complexity index is 1300. The third kappa shape index (κ3) is 4.57. The fourth-order valence-corrected chi connectivity index (χ4v) is 4.09. The molecule has 4 rings (SSSR count). The molecule has 0 saturated heterocycles. The number of amides is 1. The summed E-state index contributed by atoms with van der Waals surface area (Å²) in [6, 6.07) is 12.1. The van der Waals surface area contributed by atoms with Crippen molar-refractivity contribution in [2.24, 2.45) is 0 Å². The Morgan fingerprint density at radius 1 is 1.06 bits per heavy atom. The molecular formula is C26H25FN2O5. The van der Waals surface area contributed by atoms with Crippen LogP contribution in [0, 0.1) is 5.82 Å². The number of carbonyl (C=O) groups excluding carboxylic acids is 2. The molecule has 1 N–H and O–H groups in total. The zero-order valence-electron chi connectivity index (χ0n) is 19.0. The molecule has 0 saturated carbocycles. The molecule has 1 aliphatic rings. The van der Waals surface area contributed by atoms with Gasteiger partial charge in [0, 0.05) is 29.9 Å². The number of nitrogens with one attached hydrogen (secondary N) is 1. The van der Waals surface area contributed by atoms with E-state index in [9.17, 15) is 18.8 Å². The van der Waals surface area contributed by atoms with Gasteiger partial charge in [-0.05, 0) is 67.8 Å². The Kier molecular flexibility index (Phi) is 6.77. The van der Waals surface area contributed by atoms with E-state index in [0.29, 0.717) is 54.3 Å². The molecule has 0 spiro atoms. The monoisotopic (exact) mass is 464 g/mol. The summed E-state index contributed by atoms with van der Waals surface area (Å²) >= 11 is 0. The standard InChI is InChI=1S/C26H25FN2O5/c1-3-34-23-12-7-16(13-24(23)33-2)15-28-25(31)20-14-19-21(5-4-6-22(19)30)29(26(20)32)18-10-8-17(27)9-11-18/h7-14H,3-6,15H2,1-2H3,(H,28,31). The van der Waals surface area contributed by atoms with Crippen LogP contribution in [0.5, 0.6) is 11.5 Å². The minimum Gasteiger partial charge on any atom is -0.493 e. The molecule has 0 unspecified atom stereocenters. The van der Waals surface area contributed by atoms with Gasteiger partial charge in [0.15, 0.2) is 17.3 Å². The van der Waals surface area contributed by atoms with Gasteiger partial charge >= 0.3 is 0 Å². The minimum absolute atomic E-state index is 0.123. The number of methoxy groups -OCH3 is 1. The Morgan fingerprint density at radius 2 is 1.82 bits per heavy atom. The van der Waals surface area contributed by atoms with Crippen LogP contribution in [0.2, 0.25) is 0 Å². The molecule has 1 aliphatic carbocycles. The summed E-state index contributed by atoms with van der Waals surface area (Å²) in [5, 5.41) is 2.75. The van der Waals surface area contributed by atoms with Crippen molar-refractivity contribution in [1.82, 2.24) is 9.88 Å². The summed E-state index contributed by atoms with van der Waals surface area (Å²) in [6.45, 7) is 2.50. The number of rotatable bonds is 7. The number of hydrogen-bond donors (Lipinski definition) is 1. The topological polar surface area (TPSA) is 86.6 Å². The number of Topliss-reactive ketones (excluding diaryl/α,β-unsaturated/α-hetero) is 1. The number of hydrogen-bond acceptors (Lipinski definition) is 5. The van der Waals surface area contributed by atoms with E-state index in [2.05, 4.69) is 5.32 Å². The first-order chi connectivity index (χ1) is 16.4. The highest BCUT2D eigenvalue weighted by Crippen LogP contribution is 2.28. The second kappa shape index (κ2) is 9.91. The maximum Gasteiger partial charge on any atom is 0.268 e. The highest BCUT2D eigenvalue weighted by molar-refractivity contribution is 6.02. The van der Waals surface area contributed by atoms with Crippen LogP contribution in [0.1, 0.15) is 51.7 Å². The van der Waals surface area contributed by atoms with Gasteiger partial charge < -0.3 is 14.8 Å². The lowest BCUT2D eigenvalue weighted by Gasteiger charge is -2.21. The maximum atomic E-state index is 13.5. The summed E-state index contributed by atoms with van der Waals surface area (Å²) < 4.78 is 25.7. The normalized spacial score (nSPS) is 12.7. The van der Waals surface area contributed by atoms with Crippen LogP contribution >= 0.6 is 0 Å². The Hall–Kier alpha value is -3.94. The fourth-order valence-electron chi connectivity index (χ4n) is 4.09. The highest BCUT2D eigenvalue weighted by Gasteiger charge is 2.26. The van der Waals surface area contributed by atoms with Crippen molar-refractivity contribution in [3.05, 3.63) is 87.1 Å². The number of pyridine rings is 1. The van der Waals surface area contributed by atoms with Crippen LogP contribution in [0.4, 0.5) is 4.39 Å². The molecular weight excluding hydrogens is 439 g/mol. The maximum absolute atomic E-state index is 13.5. The summed E-state index contributed by atoms with van der Waals surface area (Å²) in [6.07, 6.45) is 1.47. The summed E-state index contributed by atoms with van der Waals surface area (Å²) in [7, 11) is 1.53. The van der Waals surface area contributed by atoms with E-state index in [1.54, 1.807) is 18.2 Å². The quantitative estimate of drug-likeness (QED) is 0.574. The van der Waals surface area contributed by atoms with E-state index in [1.807, 2.05) is 6.92 Å². The Labute approximate surface area is 196 Å². The number of fused-ring (bicyclic) bond motifs is 1. The third-order valence-corrected chi connectivity index (χ3v) is 5.73. The van der Waals surface area contributed by atoms with Gasteiger partial charge in [0.25, 0.3) is 11.5 Å². The number of benzene rings is 2. The average Bonchev–Trinajstić information content (AvgIpc) is 2.84. The van der Waals surface area contributed by atoms with Crippen LogP contribution in [0.3, 0.4) is 0 Å². The number of carbonyl (C=O) groups is 2. The summed E-state index contributed by atoms with van der Waals surface area (Å²) in [5.41, 5.74) is 1.35. The molecule has 1 heterocycles. The molecule has 3 aromatic rings. The first kappa shape index (κ1) is 23.2. The van der Waals surface area contributed by atoms with Crippen molar-refractivity contribution in [3.63, 3.8) is 0 Å². The lowest BCUT2D eigenvalue weighted by molar-refractivity contribution is 0.0949. The molecule has 8 heteroatoms. The number of nitrogens with zero attached hydrogens (tertiary/aromatic N) is 1. The third-order valence-electron chi connectivity index (χ3n) is 5.73. The SMILES string of the molecule is CCOc1ccc(CNC(=O)c2cc3c(n(-c4ccc(F)cc4)c2=O)CCCC3=O)cc1OC. The number of halogens is 1.